The van der Waals surface area contributed by atoms with Crippen LogP contribution in [0.15, 0.2) is 28.0 Å². The number of aromatic amines is 1. The Hall–Kier alpha value is -2.15. The van der Waals surface area contributed by atoms with Gasteiger partial charge in [0.05, 0.1) is 10.6 Å². The average molecular weight is 334 g/mol. The molecule has 3 rings (SSSR count). The highest BCUT2D eigenvalue weighted by molar-refractivity contribution is 7.91. The standard InChI is InChI=1S/C16H18N2O4S/c1-9-10(14(19)11-7-17-18(4)15(11)20)5-6-12-13(9)16(2,3)8-23(12,21)22/h5-7,17H,8H2,1-4H3. The predicted octanol–water partition coefficient (Wildman–Crippen LogP) is 1.32. The normalized spacial score (nSPS) is 17.9. The molecule has 1 aliphatic rings. The van der Waals surface area contributed by atoms with Gasteiger partial charge in [0.1, 0.15) is 5.56 Å². The molecule has 1 aromatic heterocycles. The Morgan fingerprint density at radius 3 is 2.48 bits per heavy atom. The number of hydrogen-bond donors (Lipinski definition) is 1. The number of ketones is 1. The van der Waals surface area contributed by atoms with Gasteiger partial charge in [-0.1, -0.05) is 13.8 Å². The summed E-state index contributed by atoms with van der Waals surface area (Å²) in [6.07, 6.45) is 1.37. The van der Waals surface area contributed by atoms with Crippen molar-refractivity contribution in [2.24, 2.45) is 7.05 Å². The van der Waals surface area contributed by atoms with Gasteiger partial charge in [-0.25, -0.2) is 8.42 Å². The average Bonchev–Trinajstić information content (AvgIpc) is 2.85. The summed E-state index contributed by atoms with van der Waals surface area (Å²) in [5, 5.41) is 2.68. The molecule has 0 atom stereocenters. The van der Waals surface area contributed by atoms with Crippen molar-refractivity contribution in [1.82, 2.24) is 9.78 Å². The van der Waals surface area contributed by atoms with Crippen LogP contribution in [-0.4, -0.2) is 29.7 Å². The number of H-pyrrole nitrogens is 1. The van der Waals surface area contributed by atoms with Gasteiger partial charge in [-0.2, -0.15) is 0 Å². The van der Waals surface area contributed by atoms with Crippen molar-refractivity contribution < 1.29 is 13.2 Å². The van der Waals surface area contributed by atoms with Crippen LogP contribution in [0.4, 0.5) is 0 Å². The van der Waals surface area contributed by atoms with Crippen molar-refractivity contribution >= 4 is 15.6 Å². The fourth-order valence-electron chi connectivity index (χ4n) is 3.43. The highest BCUT2D eigenvalue weighted by atomic mass is 32.2. The number of carbonyl (C=O) groups is 1. The van der Waals surface area contributed by atoms with Crippen LogP contribution in [0.5, 0.6) is 0 Å². The molecule has 0 saturated carbocycles. The maximum absolute atomic E-state index is 12.7. The molecule has 0 amide bonds. The number of nitrogens with one attached hydrogen (secondary N) is 1. The largest absolute Gasteiger partial charge is 0.302 e. The number of nitrogens with zero attached hydrogens (tertiary/aromatic N) is 1. The van der Waals surface area contributed by atoms with E-state index in [1.54, 1.807) is 6.92 Å². The van der Waals surface area contributed by atoms with E-state index in [0.29, 0.717) is 21.6 Å². The molecule has 0 aliphatic carbocycles. The molecule has 23 heavy (non-hydrogen) atoms. The topological polar surface area (TPSA) is 89.0 Å². The van der Waals surface area contributed by atoms with Crippen molar-refractivity contribution in [3.63, 3.8) is 0 Å². The number of sulfone groups is 1. The molecule has 1 N–H and O–H groups in total. The lowest BCUT2D eigenvalue weighted by atomic mass is 9.82. The van der Waals surface area contributed by atoms with Crippen LogP contribution in [0.2, 0.25) is 0 Å². The first-order chi connectivity index (χ1) is 10.6. The van der Waals surface area contributed by atoms with Crippen LogP contribution in [0.25, 0.3) is 0 Å². The van der Waals surface area contributed by atoms with Gasteiger partial charge in [0.15, 0.2) is 15.6 Å². The molecule has 0 spiro atoms. The van der Waals surface area contributed by atoms with Crippen molar-refractivity contribution in [3.05, 3.63) is 50.9 Å². The Labute approximate surface area is 134 Å². The summed E-state index contributed by atoms with van der Waals surface area (Å²) < 4.78 is 25.8. The van der Waals surface area contributed by atoms with E-state index < -0.39 is 26.6 Å². The minimum absolute atomic E-state index is 0.0275. The fraction of sp³-hybridized carbons (Fsp3) is 0.375. The predicted molar refractivity (Wildman–Crippen MR) is 85.7 cm³/mol. The Morgan fingerprint density at radius 2 is 1.91 bits per heavy atom. The lowest BCUT2D eigenvalue weighted by Crippen LogP contribution is -2.22. The molecular formula is C16H18N2O4S. The number of fused-ring (bicyclic) bond motifs is 1. The van der Waals surface area contributed by atoms with Crippen LogP contribution in [0.1, 0.15) is 40.9 Å². The molecule has 1 aromatic carbocycles. The highest BCUT2D eigenvalue weighted by Crippen LogP contribution is 2.42. The third-order valence-corrected chi connectivity index (χ3v) is 6.53. The van der Waals surface area contributed by atoms with Crippen molar-refractivity contribution in [1.29, 1.82) is 0 Å². The summed E-state index contributed by atoms with van der Waals surface area (Å²) in [5.41, 5.74) is 0.761. The lowest BCUT2D eigenvalue weighted by molar-refractivity contribution is 0.103. The molecule has 0 bridgehead atoms. The van der Waals surface area contributed by atoms with E-state index in [4.69, 9.17) is 0 Å². The van der Waals surface area contributed by atoms with Gasteiger partial charge in [-0.15, -0.1) is 0 Å². The molecule has 1 aliphatic heterocycles. The van der Waals surface area contributed by atoms with E-state index >= 15 is 0 Å². The third kappa shape index (κ3) is 2.18. The zero-order chi connectivity index (χ0) is 17.2. The van der Waals surface area contributed by atoms with E-state index in [1.165, 1.54) is 30.1 Å². The van der Waals surface area contributed by atoms with Crippen LogP contribution in [0.3, 0.4) is 0 Å². The molecule has 0 radical (unpaired) electrons. The molecule has 6 nitrogen and oxygen atoms in total. The Morgan fingerprint density at radius 1 is 1.26 bits per heavy atom. The highest BCUT2D eigenvalue weighted by Gasteiger charge is 2.42. The van der Waals surface area contributed by atoms with Gasteiger partial charge in [-0.3, -0.25) is 14.3 Å². The summed E-state index contributed by atoms with van der Waals surface area (Å²) in [7, 11) is -1.80. The number of rotatable bonds is 2. The molecule has 0 fully saturated rings. The van der Waals surface area contributed by atoms with E-state index in [9.17, 15) is 18.0 Å². The maximum Gasteiger partial charge on any atom is 0.277 e. The van der Waals surface area contributed by atoms with Crippen LogP contribution >= 0.6 is 0 Å². The second kappa shape index (κ2) is 4.67. The minimum atomic E-state index is -3.33. The van der Waals surface area contributed by atoms with Crippen LogP contribution in [-0.2, 0) is 22.3 Å². The molecule has 2 aromatic rings. The summed E-state index contributed by atoms with van der Waals surface area (Å²) in [6.45, 7) is 5.45. The zero-order valence-electron chi connectivity index (χ0n) is 13.4. The third-order valence-electron chi connectivity index (χ3n) is 4.42. The van der Waals surface area contributed by atoms with E-state index in [2.05, 4.69) is 5.10 Å². The number of carbonyl (C=O) groups excluding carboxylic acids is 1. The molecule has 0 saturated heterocycles. The quantitative estimate of drug-likeness (QED) is 0.839. The lowest BCUT2D eigenvalue weighted by Gasteiger charge is -2.20. The fourth-order valence-corrected chi connectivity index (χ4v) is 5.69. The Bertz CT molecular complexity index is 994. The first kappa shape index (κ1) is 15.7. The second-order valence-corrected chi connectivity index (χ2v) is 8.59. The van der Waals surface area contributed by atoms with Gasteiger partial charge in [0, 0.05) is 24.2 Å². The maximum atomic E-state index is 12.7. The summed E-state index contributed by atoms with van der Waals surface area (Å²) in [6, 6.07) is 2.98. The molecule has 2 heterocycles. The monoisotopic (exact) mass is 334 g/mol. The zero-order valence-corrected chi connectivity index (χ0v) is 14.2. The van der Waals surface area contributed by atoms with Gasteiger partial charge < -0.3 is 5.10 Å². The van der Waals surface area contributed by atoms with Crippen molar-refractivity contribution in [2.45, 2.75) is 31.1 Å². The van der Waals surface area contributed by atoms with E-state index in [0.717, 1.165) is 0 Å². The number of benzene rings is 1. The van der Waals surface area contributed by atoms with Gasteiger partial charge >= 0.3 is 0 Å². The smallest absolute Gasteiger partial charge is 0.277 e. The Balaban J connectivity index is 2.24. The minimum Gasteiger partial charge on any atom is -0.302 e. The van der Waals surface area contributed by atoms with Crippen molar-refractivity contribution in [3.8, 4) is 0 Å². The number of aryl methyl sites for hydroxylation is 1. The summed E-state index contributed by atoms with van der Waals surface area (Å²) in [4.78, 5) is 25.0. The van der Waals surface area contributed by atoms with Gasteiger partial charge in [0.25, 0.3) is 5.56 Å². The van der Waals surface area contributed by atoms with E-state index in [-0.39, 0.29) is 11.3 Å². The van der Waals surface area contributed by atoms with Gasteiger partial charge in [0.2, 0.25) is 0 Å². The summed E-state index contributed by atoms with van der Waals surface area (Å²) >= 11 is 0. The van der Waals surface area contributed by atoms with Crippen LogP contribution in [0, 0.1) is 6.92 Å². The first-order valence-corrected chi connectivity index (χ1v) is 8.87. The second-order valence-electron chi connectivity index (χ2n) is 6.63. The molecular weight excluding hydrogens is 316 g/mol. The first-order valence-electron chi connectivity index (χ1n) is 7.22. The Kier molecular flexibility index (Phi) is 3.20. The van der Waals surface area contributed by atoms with E-state index in [1.807, 2.05) is 13.8 Å². The summed E-state index contributed by atoms with van der Waals surface area (Å²) in [5.74, 6) is -0.369. The molecule has 0 unspecified atom stereocenters. The molecule has 122 valence electrons. The number of hydrogen-bond acceptors (Lipinski definition) is 4. The number of aromatic nitrogens is 2. The van der Waals surface area contributed by atoms with Crippen molar-refractivity contribution in [2.75, 3.05) is 5.75 Å². The van der Waals surface area contributed by atoms with Gasteiger partial charge in [-0.05, 0) is 30.2 Å². The van der Waals surface area contributed by atoms with Crippen LogP contribution < -0.4 is 5.56 Å². The SMILES string of the molecule is Cc1c(C(=O)c2c[nH]n(C)c2=O)ccc2c1C(C)(C)CS2(=O)=O. The molecule has 7 heteroatoms.